The van der Waals surface area contributed by atoms with Crippen molar-refractivity contribution < 1.29 is 49.6 Å². The maximum absolute atomic E-state index is 11.6. The third-order valence-corrected chi connectivity index (χ3v) is 3.37. The van der Waals surface area contributed by atoms with Crippen LogP contribution in [0.3, 0.4) is 0 Å². The number of aromatic nitrogens is 2. The van der Waals surface area contributed by atoms with Crippen LogP contribution in [0.1, 0.15) is 0 Å². The number of nitrogen functional groups attached to an aromatic ring is 1. The van der Waals surface area contributed by atoms with Gasteiger partial charge < -0.3 is 21.1 Å². The van der Waals surface area contributed by atoms with Crippen LogP contribution in [0.4, 0.5) is 17.5 Å². The summed E-state index contributed by atoms with van der Waals surface area (Å²) in [4.78, 5) is 11.4. The average Bonchev–Trinajstić information content (AvgIpc) is 2.71. The molecular formula is C9H11N5NaO4+. The minimum absolute atomic E-state index is 0. The summed E-state index contributed by atoms with van der Waals surface area (Å²) in [7, 11) is 0. The van der Waals surface area contributed by atoms with E-state index in [1.54, 1.807) is 0 Å². The van der Waals surface area contributed by atoms with Gasteiger partial charge in [0, 0.05) is 5.88 Å². The Kier molecular flexibility index (Phi) is 3.56. The Hall–Kier alpha value is -0.810. The van der Waals surface area contributed by atoms with Crippen molar-refractivity contribution in [3.05, 3.63) is 0 Å². The minimum Gasteiger partial charge on any atom is -0.857 e. The third kappa shape index (κ3) is 1.64. The first-order valence-electron chi connectivity index (χ1n) is 5.22. The van der Waals surface area contributed by atoms with E-state index in [0.717, 1.165) is 0 Å². The molecule has 1 fully saturated rings. The SMILES string of the molecule is Nc1nc([O-])c2c(n1)[N+]1(C=N2)COC1(CO)CO.[Na+]. The van der Waals surface area contributed by atoms with Crippen molar-refractivity contribution in [2.24, 2.45) is 4.99 Å². The molecule has 1 spiro atoms. The van der Waals surface area contributed by atoms with Crippen LogP contribution in [0.15, 0.2) is 4.99 Å². The number of aliphatic hydroxyl groups is 2. The number of quaternary nitrogens is 1. The molecule has 96 valence electrons. The van der Waals surface area contributed by atoms with Crippen molar-refractivity contribution in [2.75, 3.05) is 25.7 Å². The van der Waals surface area contributed by atoms with Crippen molar-refractivity contribution in [2.45, 2.75) is 5.72 Å². The molecule has 2 aliphatic rings. The molecular weight excluding hydrogens is 265 g/mol. The minimum atomic E-state index is -1.28. The smallest absolute Gasteiger partial charge is 0.857 e. The Balaban J connectivity index is 0.00000133. The molecule has 3 rings (SSSR count). The van der Waals surface area contributed by atoms with E-state index in [0.29, 0.717) is 0 Å². The Bertz CT molecular complexity index is 544. The maximum atomic E-state index is 11.6. The zero-order chi connectivity index (χ0) is 13.0. The van der Waals surface area contributed by atoms with E-state index in [4.69, 9.17) is 10.5 Å². The fraction of sp³-hybridized carbons (Fsp3) is 0.444. The summed E-state index contributed by atoms with van der Waals surface area (Å²) in [5.74, 6) is -0.499. The molecule has 2 aliphatic heterocycles. The van der Waals surface area contributed by atoms with Crippen LogP contribution in [0.25, 0.3) is 0 Å². The van der Waals surface area contributed by atoms with Crippen LogP contribution in [-0.4, -0.2) is 52.2 Å². The summed E-state index contributed by atoms with van der Waals surface area (Å²) < 4.78 is 5.13. The van der Waals surface area contributed by atoms with Gasteiger partial charge in [0.25, 0.3) is 11.5 Å². The number of ether oxygens (including phenoxy) is 1. The first-order chi connectivity index (χ1) is 8.58. The van der Waals surface area contributed by atoms with Gasteiger partial charge in [-0.2, -0.15) is 14.5 Å². The van der Waals surface area contributed by atoms with Gasteiger partial charge in [0.1, 0.15) is 13.2 Å². The second-order valence-corrected chi connectivity index (χ2v) is 4.21. The largest absolute Gasteiger partial charge is 1.00 e. The molecule has 4 N–H and O–H groups in total. The van der Waals surface area contributed by atoms with E-state index in [1.165, 1.54) is 6.34 Å². The maximum Gasteiger partial charge on any atom is 1.00 e. The fourth-order valence-corrected chi connectivity index (χ4v) is 2.21. The van der Waals surface area contributed by atoms with E-state index < -0.39 is 24.8 Å². The zero-order valence-electron chi connectivity index (χ0n) is 10.3. The van der Waals surface area contributed by atoms with Gasteiger partial charge in [-0.15, -0.1) is 0 Å². The van der Waals surface area contributed by atoms with Crippen LogP contribution in [0.2, 0.25) is 0 Å². The predicted molar refractivity (Wildman–Crippen MR) is 58.7 cm³/mol. The van der Waals surface area contributed by atoms with Crippen molar-refractivity contribution in [1.82, 2.24) is 14.5 Å². The Labute approximate surface area is 130 Å². The number of aliphatic imine (C=N–C) groups is 1. The van der Waals surface area contributed by atoms with E-state index in [2.05, 4.69) is 15.0 Å². The van der Waals surface area contributed by atoms with Crippen molar-refractivity contribution >= 4 is 23.8 Å². The van der Waals surface area contributed by atoms with Crippen LogP contribution >= 0.6 is 0 Å². The normalized spacial score (nSPS) is 25.8. The van der Waals surface area contributed by atoms with Crippen molar-refractivity contribution in [3.63, 3.8) is 0 Å². The number of rotatable bonds is 2. The zero-order valence-corrected chi connectivity index (χ0v) is 12.3. The number of nitrogens with two attached hydrogens (primary N) is 1. The quantitative estimate of drug-likeness (QED) is 0.362. The molecule has 0 aromatic carbocycles. The van der Waals surface area contributed by atoms with Gasteiger partial charge >= 0.3 is 29.6 Å². The molecule has 1 unspecified atom stereocenters. The number of hydrogen-bond acceptors (Lipinski definition) is 8. The van der Waals surface area contributed by atoms with Crippen molar-refractivity contribution in [1.29, 1.82) is 0 Å². The summed E-state index contributed by atoms with van der Waals surface area (Å²) in [6, 6.07) is 0. The Morgan fingerprint density at radius 1 is 1.42 bits per heavy atom. The summed E-state index contributed by atoms with van der Waals surface area (Å²) >= 11 is 0. The van der Waals surface area contributed by atoms with Gasteiger partial charge in [-0.3, -0.25) is 4.74 Å². The first-order valence-corrected chi connectivity index (χ1v) is 5.22. The molecule has 0 aliphatic carbocycles. The Morgan fingerprint density at radius 3 is 2.63 bits per heavy atom. The van der Waals surface area contributed by atoms with E-state index in [1.807, 2.05) is 0 Å². The number of nitrogens with zero attached hydrogens (tertiary/aromatic N) is 4. The molecule has 1 aromatic heterocycles. The van der Waals surface area contributed by atoms with Crippen LogP contribution < -0.4 is 44.9 Å². The van der Waals surface area contributed by atoms with Gasteiger partial charge in [0.2, 0.25) is 19.0 Å². The molecule has 1 aromatic rings. The number of anilines is 1. The first kappa shape index (κ1) is 14.6. The molecule has 0 radical (unpaired) electrons. The fourth-order valence-electron chi connectivity index (χ4n) is 2.21. The molecule has 0 amide bonds. The summed E-state index contributed by atoms with van der Waals surface area (Å²) in [5, 5.41) is 30.4. The Morgan fingerprint density at radius 2 is 2.11 bits per heavy atom. The second-order valence-electron chi connectivity index (χ2n) is 4.21. The summed E-state index contributed by atoms with van der Waals surface area (Å²) in [5.41, 5.74) is 4.24. The van der Waals surface area contributed by atoms with Crippen LogP contribution in [0.5, 0.6) is 5.88 Å². The van der Waals surface area contributed by atoms with Gasteiger partial charge in [-0.1, -0.05) is 0 Å². The number of hydrogen-bond donors (Lipinski definition) is 3. The molecule has 1 saturated heterocycles. The van der Waals surface area contributed by atoms with Crippen molar-refractivity contribution in [3.8, 4) is 5.88 Å². The molecule has 0 saturated carbocycles. The molecule has 19 heavy (non-hydrogen) atoms. The van der Waals surface area contributed by atoms with Gasteiger partial charge in [0.05, 0.1) is 0 Å². The standard InChI is InChI=1S/C9H11N5O4.Na/c10-8-12-6-5(7(17)13-8)11-3-14(6)4-18-9(14,1-15)2-16;/h3,15-16H,1-2,4H2,(H2-,10,12,13,17);/q;+1. The van der Waals surface area contributed by atoms with Crippen LogP contribution in [-0.2, 0) is 4.74 Å². The number of fused-ring (bicyclic) bond motifs is 2. The monoisotopic (exact) mass is 276 g/mol. The van der Waals surface area contributed by atoms with Crippen LogP contribution in [0, 0.1) is 0 Å². The third-order valence-electron chi connectivity index (χ3n) is 3.37. The van der Waals surface area contributed by atoms with E-state index in [-0.39, 0.29) is 58.2 Å². The van der Waals surface area contributed by atoms with Gasteiger partial charge in [-0.05, 0) is 0 Å². The summed E-state index contributed by atoms with van der Waals surface area (Å²) in [6.45, 7) is -0.756. The predicted octanol–water partition coefficient (Wildman–Crippen LogP) is -5.21. The number of aliphatic hydroxyl groups excluding tert-OH is 2. The summed E-state index contributed by atoms with van der Waals surface area (Å²) in [6.07, 6.45) is 1.41. The molecule has 10 heteroatoms. The molecule has 9 nitrogen and oxygen atoms in total. The topological polar surface area (TPSA) is 137 Å². The van der Waals surface area contributed by atoms with Gasteiger partial charge in [0.15, 0.2) is 5.69 Å². The van der Waals surface area contributed by atoms with Gasteiger partial charge in [-0.25, -0.2) is 4.98 Å². The van der Waals surface area contributed by atoms with E-state index in [9.17, 15) is 15.3 Å². The average molecular weight is 276 g/mol. The second kappa shape index (κ2) is 4.63. The molecule has 1 atom stereocenters. The van der Waals surface area contributed by atoms with E-state index >= 15 is 0 Å². The molecule has 0 bridgehead atoms. The molecule has 3 heterocycles.